The van der Waals surface area contributed by atoms with Gasteiger partial charge in [0.2, 0.25) is 0 Å². The van der Waals surface area contributed by atoms with E-state index in [-0.39, 0.29) is 5.75 Å². The Bertz CT molecular complexity index is 6640. The number of phenolic OH excluding ortho intramolecular Hbond substituents is 1. The van der Waals surface area contributed by atoms with Gasteiger partial charge in [-0.15, -0.1) is 0 Å². The minimum atomic E-state index is -1.51. The number of nitrogens with two attached hydrogens (primary N) is 2. The van der Waals surface area contributed by atoms with Gasteiger partial charge in [-0.2, -0.15) is 0 Å². The Balaban J connectivity index is 0.000000115. The van der Waals surface area contributed by atoms with E-state index in [1.165, 1.54) is 68.0 Å². The average molecular weight is 1740 g/mol. The number of ether oxygens (including phenoxy) is 2. The van der Waals surface area contributed by atoms with Crippen LogP contribution < -0.4 is 26.4 Å². The van der Waals surface area contributed by atoms with Gasteiger partial charge in [-0.3, -0.25) is 0 Å². The molecule has 538 valence electrons. The minimum Gasteiger partial charge on any atom is -0.508 e. The standard InChI is InChI=1S/C26H18ClNO.C26H17NO.C16H10BrClO.C10H10BNO2.C10H6BrI.C6H5ClO/c27-20-8-4-9-21(15-20)29-22-12-11-17-7-3-10-23(24(17)16-22)25-13-18-5-1-2-6-19(18)14-26(25)28;1-2-6-19-14-26-25(13-18(19)5-1)23-10-3-7-17-11-12-22(16-24(17)23)28-21-9-4-8-20(15-21)27-26;17-16-6-1-3-11-7-8-14(10-15(11)16)19-13-5-2-4-12(18)9-13;12-10-6-8-4-2-1-3-7(8)5-9(10)11(13)14;11-10-3-1-2-7-4-5-8(12)6-9(7)10;7-5-2-1-3-6(8)4-5/h1-16H,28H2;1-16,27H;1-10H;1-6,13-14H,12H2;1-6H;1-4,8H. The number of nitrogen functional groups attached to an aromatic ring is 2. The lowest BCUT2D eigenvalue weighted by atomic mass is 9.78. The van der Waals surface area contributed by atoms with E-state index in [4.69, 9.17) is 75.3 Å². The van der Waals surface area contributed by atoms with Gasteiger partial charge in [-0.05, 0) is 267 Å². The molecule has 0 aliphatic heterocycles. The van der Waals surface area contributed by atoms with Crippen molar-refractivity contribution >= 4 is 222 Å². The Labute approximate surface area is 680 Å². The molecule has 9 nitrogen and oxygen atoms in total. The number of benzene rings is 18. The molecule has 8 N–H and O–H groups in total. The number of phenols is 1. The van der Waals surface area contributed by atoms with Crippen molar-refractivity contribution in [2.24, 2.45) is 0 Å². The summed E-state index contributed by atoms with van der Waals surface area (Å²) < 4.78 is 21.5. The molecule has 19 rings (SSSR count). The van der Waals surface area contributed by atoms with Crippen LogP contribution in [-0.4, -0.2) is 27.3 Å². The molecule has 19 aromatic rings. The summed E-state index contributed by atoms with van der Waals surface area (Å²) >= 11 is 26.9. The van der Waals surface area contributed by atoms with E-state index in [1.54, 1.807) is 42.5 Å². The highest BCUT2D eigenvalue weighted by Gasteiger charge is 2.16. The first-order valence-corrected chi connectivity index (χ1v) is 38.7. The van der Waals surface area contributed by atoms with Crippen molar-refractivity contribution < 1.29 is 29.0 Å². The summed E-state index contributed by atoms with van der Waals surface area (Å²) in [6.45, 7) is 0. The molecule has 0 saturated carbocycles. The summed E-state index contributed by atoms with van der Waals surface area (Å²) in [5.74, 6) is 3.20. The number of aromatic hydroxyl groups is 1. The highest BCUT2D eigenvalue weighted by atomic mass is 127. The Morgan fingerprint density at radius 1 is 0.336 bits per heavy atom. The van der Waals surface area contributed by atoms with Gasteiger partial charge in [0.05, 0.1) is 0 Å². The van der Waals surface area contributed by atoms with Crippen LogP contribution in [0.3, 0.4) is 0 Å². The molecular weight excluding hydrogens is 1670 g/mol. The van der Waals surface area contributed by atoms with Gasteiger partial charge in [0.25, 0.3) is 0 Å². The van der Waals surface area contributed by atoms with Gasteiger partial charge >= 0.3 is 7.12 Å². The SMILES string of the molecule is Brc1cccc2ccc(I)cc12.Clc1cccc(Oc2ccc3cccc(Br)c3c2)c1.Nc1cc2ccccc2cc1-c1cccc2ccc(Oc3cccc(Cl)c3)cc12.Nc1cc2ccccc2cc1B(O)O.Oc1cccc(Cl)c1.c1cc2cc(c1)oc1ccc3cccc(c3c1)c1cc3ccccc3cc1[nH]2. The number of hydrogen-bond acceptors (Lipinski definition) is 8. The fourth-order valence-electron chi connectivity index (χ4n) is 12.9. The van der Waals surface area contributed by atoms with Crippen LogP contribution in [0.1, 0.15) is 0 Å². The third-order valence-corrected chi connectivity index (χ3v) is 20.9. The molecule has 0 aliphatic rings. The quantitative estimate of drug-likeness (QED) is 0.0545. The van der Waals surface area contributed by atoms with E-state index in [9.17, 15) is 0 Å². The lowest BCUT2D eigenvalue weighted by Gasteiger charge is -2.13. The average Bonchev–Trinajstić information content (AvgIpc) is 1.23. The van der Waals surface area contributed by atoms with Crippen molar-refractivity contribution in [3.63, 3.8) is 0 Å². The molecule has 0 unspecified atom stereocenters. The number of hydrogen-bond donors (Lipinski definition) is 6. The number of aromatic nitrogens is 1. The molecule has 1 aromatic heterocycles. The van der Waals surface area contributed by atoms with Crippen LogP contribution in [0, 0.1) is 3.57 Å². The summed E-state index contributed by atoms with van der Waals surface area (Å²) in [5.41, 5.74) is 19.5. The van der Waals surface area contributed by atoms with Gasteiger partial charge in [0, 0.05) is 72.5 Å². The van der Waals surface area contributed by atoms with E-state index in [0.717, 1.165) is 93.1 Å². The summed E-state index contributed by atoms with van der Waals surface area (Å²) in [6, 6.07) is 116. The largest absolute Gasteiger partial charge is 0.508 e. The maximum absolute atomic E-state index is 9.04. The maximum Gasteiger partial charge on any atom is 0.490 e. The number of rotatable bonds is 6. The zero-order valence-electron chi connectivity index (χ0n) is 58.6. The normalized spacial score (nSPS) is 10.8. The highest BCUT2D eigenvalue weighted by molar-refractivity contribution is 14.1. The Kier molecular flexibility index (Phi) is 24.2. The number of nitrogens with one attached hydrogen (secondary N) is 1. The molecular formula is C94H66BBr2Cl3IN3O6. The van der Waals surface area contributed by atoms with Crippen molar-refractivity contribution in [3.8, 4) is 39.9 Å². The molecule has 110 heavy (non-hydrogen) atoms. The fraction of sp³-hybridized carbons (Fsp3) is 0. The first-order valence-electron chi connectivity index (χ1n) is 34.9. The Morgan fingerprint density at radius 2 is 0.791 bits per heavy atom. The van der Waals surface area contributed by atoms with E-state index in [0.29, 0.717) is 32.0 Å². The molecule has 1 heterocycles. The second-order valence-electron chi connectivity index (χ2n) is 25.7. The molecule has 0 spiro atoms. The van der Waals surface area contributed by atoms with Gasteiger partial charge in [-0.25, -0.2) is 0 Å². The van der Waals surface area contributed by atoms with Crippen molar-refractivity contribution in [2.75, 3.05) is 11.5 Å². The number of halogens is 6. The molecule has 0 amide bonds. The monoisotopic (exact) mass is 1730 g/mol. The molecule has 4 bridgehead atoms. The number of H-pyrrole nitrogens is 1. The van der Waals surface area contributed by atoms with Gasteiger partial charge in [0.1, 0.15) is 39.9 Å². The fourth-order valence-corrected chi connectivity index (χ4v) is 14.9. The maximum atomic E-state index is 9.04. The minimum absolute atomic E-state index is 0.206. The number of aromatic amines is 1. The molecule has 0 aliphatic carbocycles. The van der Waals surface area contributed by atoms with Crippen molar-refractivity contribution in [1.29, 1.82) is 0 Å². The van der Waals surface area contributed by atoms with Crippen molar-refractivity contribution in [1.82, 2.24) is 4.98 Å². The predicted octanol–water partition coefficient (Wildman–Crippen LogP) is 27.6. The van der Waals surface area contributed by atoms with Gasteiger partial charge < -0.3 is 45.5 Å². The van der Waals surface area contributed by atoms with Crippen LogP contribution in [-0.2, 0) is 0 Å². The summed E-state index contributed by atoms with van der Waals surface area (Å²) in [7, 11) is -1.51. The molecule has 0 radical (unpaired) electrons. The second-order valence-corrected chi connectivity index (χ2v) is 30.0. The third-order valence-electron chi connectivity index (χ3n) is 18.1. The highest BCUT2D eigenvalue weighted by Crippen LogP contribution is 2.39. The zero-order chi connectivity index (χ0) is 76.2. The van der Waals surface area contributed by atoms with Crippen LogP contribution in [0.25, 0.3) is 120 Å². The summed E-state index contributed by atoms with van der Waals surface area (Å²) in [5, 5.41) is 47.3. The van der Waals surface area contributed by atoms with Crippen LogP contribution >= 0.6 is 89.3 Å². The molecule has 16 heteroatoms. The Morgan fingerprint density at radius 3 is 1.38 bits per heavy atom. The number of fused-ring (bicyclic) bond motifs is 11. The molecule has 0 atom stereocenters. The predicted molar refractivity (Wildman–Crippen MR) is 480 cm³/mol. The van der Waals surface area contributed by atoms with Crippen molar-refractivity contribution in [2.45, 2.75) is 0 Å². The van der Waals surface area contributed by atoms with Gasteiger partial charge in [-0.1, -0.05) is 255 Å². The molecule has 0 fully saturated rings. The lowest BCUT2D eigenvalue weighted by Crippen LogP contribution is -2.32. The van der Waals surface area contributed by atoms with Crippen molar-refractivity contribution in [3.05, 3.63) is 379 Å². The van der Waals surface area contributed by atoms with E-state index >= 15 is 0 Å². The second kappa shape index (κ2) is 35.1. The van der Waals surface area contributed by atoms with Crippen LogP contribution in [0.4, 0.5) is 11.4 Å². The zero-order valence-corrected chi connectivity index (χ0v) is 66.1. The topological polar surface area (TPSA) is 160 Å². The first kappa shape index (κ1) is 75.7. The van der Waals surface area contributed by atoms with E-state index in [2.05, 4.69) is 223 Å². The first-order chi connectivity index (χ1) is 53.5. The Hall–Kier alpha value is -11.1. The third kappa shape index (κ3) is 18.8. The van der Waals surface area contributed by atoms with Gasteiger partial charge in [0.15, 0.2) is 0 Å². The van der Waals surface area contributed by atoms with E-state index in [1.807, 2.05) is 140 Å². The summed E-state index contributed by atoms with van der Waals surface area (Å²) in [4.78, 5) is 3.62. The number of anilines is 2. The van der Waals surface area contributed by atoms with E-state index < -0.39 is 7.12 Å². The summed E-state index contributed by atoms with van der Waals surface area (Å²) in [6.07, 6.45) is 0. The molecule has 0 saturated heterocycles. The lowest BCUT2D eigenvalue weighted by molar-refractivity contribution is 0.426. The molecule has 18 aromatic carbocycles. The smallest absolute Gasteiger partial charge is 0.490 e. The van der Waals surface area contributed by atoms with Crippen LogP contribution in [0.2, 0.25) is 15.1 Å². The van der Waals surface area contributed by atoms with Crippen LogP contribution in [0.5, 0.6) is 28.7 Å². The van der Waals surface area contributed by atoms with Crippen LogP contribution in [0.15, 0.2) is 365 Å².